The van der Waals surface area contributed by atoms with Gasteiger partial charge in [-0.05, 0) is 17.7 Å². The van der Waals surface area contributed by atoms with Gasteiger partial charge in [0.25, 0.3) is 5.91 Å². The van der Waals surface area contributed by atoms with E-state index < -0.39 is 0 Å². The minimum Gasteiger partial charge on any atom is -0.360 e. The van der Waals surface area contributed by atoms with Gasteiger partial charge in [0.2, 0.25) is 0 Å². The van der Waals surface area contributed by atoms with E-state index in [1.54, 1.807) is 13.2 Å². The summed E-state index contributed by atoms with van der Waals surface area (Å²) in [6.07, 6.45) is 1.62. The summed E-state index contributed by atoms with van der Waals surface area (Å²) in [6.45, 7) is 1.35. The SMILES string of the molecule is CNC(=O)c1ccc(CNCc2ccno2)cc1. The van der Waals surface area contributed by atoms with Gasteiger partial charge in [-0.25, -0.2) is 0 Å². The number of hydrogen-bond donors (Lipinski definition) is 2. The predicted molar refractivity (Wildman–Crippen MR) is 66.9 cm³/mol. The molecular formula is C13H15N3O2. The van der Waals surface area contributed by atoms with Crippen LogP contribution in [0.3, 0.4) is 0 Å². The molecule has 2 rings (SSSR count). The number of carbonyl (C=O) groups is 1. The molecule has 0 atom stereocenters. The highest BCUT2D eigenvalue weighted by Gasteiger charge is 2.02. The Balaban J connectivity index is 1.85. The van der Waals surface area contributed by atoms with Crippen LogP contribution in [0.15, 0.2) is 41.1 Å². The number of aromatic nitrogens is 1. The summed E-state index contributed by atoms with van der Waals surface area (Å²) >= 11 is 0. The van der Waals surface area contributed by atoms with Crippen molar-refractivity contribution in [2.24, 2.45) is 0 Å². The largest absolute Gasteiger partial charge is 0.360 e. The lowest BCUT2D eigenvalue weighted by Crippen LogP contribution is -2.18. The van der Waals surface area contributed by atoms with E-state index in [1.165, 1.54) is 0 Å². The molecule has 0 saturated carbocycles. The Bertz CT molecular complexity index is 491. The monoisotopic (exact) mass is 245 g/mol. The molecule has 5 heteroatoms. The maximum atomic E-state index is 11.3. The first-order valence-corrected chi connectivity index (χ1v) is 5.71. The van der Waals surface area contributed by atoms with E-state index in [4.69, 9.17) is 4.52 Å². The molecule has 0 aliphatic heterocycles. The Morgan fingerprint density at radius 2 is 2.00 bits per heavy atom. The summed E-state index contributed by atoms with van der Waals surface area (Å²) in [7, 11) is 1.62. The summed E-state index contributed by atoms with van der Waals surface area (Å²) < 4.78 is 4.97. The fourth-order valence-electron chi connectivity index (χ4n) is 1.58. The summed E-state index contributed by atoms with van der Waals surface area (Å²) in [4.78, 5) is 11.3. The normalized spacial score (nSPS) is 10.3. The fourth-order valence-corrected chi connectivity index (χ4v) is 1.58. The standard InChI is InChI=1S/C13H15N3O2/c1-14-13(17)11-4-2-10(3-5-11)8-15-9-12-6-7-16-18-12/h2-7,15H,8-9H2,1H3,(H,14,17). The lowest BCUT2D eigenvalue weighted by molar-refractivity contribution is 0.0963. The third kappa shape index (κ3) is 3.18. The van der Waals surface area contributed by atoms with Gasteiger partial charge in [0, 0.05) is 25.2 Å². The van der Waals surface area contributed by atoms with Crippen molar-refractivity contribution in [2.75, 3.05) is 7.05 Å². The Kier molecular flexibility index (Phi) is 4.09. The molecule has 0 radical (unpaired) electrons. The average Bonchev–Trinajstić information content (AvgIpc) is 2.92. The van der Waals surface area contributed by atoms with E-state index in [0.29, 0.717) is 18.7 Å². The van der Waals surface area contributed by atoms with Crippen LogP contribution in [-0.2, 0) is 13.1 Å². The Morgan fingerprint density at radius 3 is 2.61 bits per heavy atom. The molecule has 2 N–H and O–H groups in total. The number of hydrogen-bond acceptors (Lipinski definition) is 4. The molecule has 94 valence electrons. The van der Waals surface area contributed by atoms with Crippen molar-refractivity contribution < 1.29 is 9.32 Å². The molecule has 0 spiro atoms. The van der Waals surface area contributed by atoms with Crippen LogP contribution in [0.5, 0.6) is 0 Å². The second-order valence-electron chi connectivity index (χ2n) is 3.86. The van der Waals surface area contributed by atoms with Crippen molar-refractivity contribution in [1.82, 2.24) is 15.8 Å². The minimum atomic E-state index is -0.0730. The third-order valence-electron chi connectivity index (χ3n) is 2.56. The molecule has 0 aliphatic rings. The van der Waals surface area contributed by atoms with Crippen molar-refractivity contribution in [2.45, 2.75) is 13.1 Å². The van der Waals surface area contributed by atoms with Gasteiger partial charge in [-0.2, -0.15) is 0 Å². The highest BCUT2D eigenvalue weighted by atomic mass is 16.5. The molecule has 0 bridgehead atoms. The van der Waals surface area contributed by atoms with E-state index in [1.807, 2.05) is 30.3 Å². The van der Waals surface area contributed by atoms with Crippen LogP contribution in [0.25, 0.3) is 0 Å². The maximum Gasteiger partial charge on any atom is 0.251 e. The first-order valence-electron chi connectivity index (χ1n) is 5.71. The Morgan fingerprint density at radius 1 is 1.22 bits per heavy atom. The smallest absolute Gasteiger partial charge is 0.251 e. The van der Waals surface area contributed by atoms with Gasteiger partial charge in [0.15, 0.2) is 0 Å². The molecule has 1 aromatic carbocycles. The van der Waals surface area contributed by atoms with Crippen LogP contribution in [0.4, 0.5) is 0 Å². The Hall–Kier alpha value is -2.14. The van der Waals surface area contributed by atoms with E-state index in [9.17, 15) is 4.79 Å². The van der Waals surface area contributed by atoms with E-state index in [-0.39, 0.29) is 5.91 Å². The number of nitrogens with one attached hydrogen (secondary N) is 2. The van der Waals surface area contributed by atoms with Crippen LogP contribution in [-0.4, -0.2) is 18.1 Å². The predicted octanol–water partition coefficient (Wildman–Crippen LogP) is 1.32. The molecule has 0 saturated heterocycles. The van der Waals surface area contributed by atoms with Gasteiger partial charge >= 0.3 is 0 Å². The van der Waals surface area contributed by atoms with Gasteiger partial charge in [-0.3, -0.25) is 4.79 Å². The number of benzene rings is 1. The molecule has 0 fully saturated rings. The van der Waals surface area contributed by atoms with Crippen LogP contribution in [0.1, 0.15) is 21.7 Å². The van der Waals surface area contributed by atoms with E-state index in [2.05, 4.69) is 15.8 Å². The van der Waals surface area contributed by atoms with Crippen molar-refractivity contribution in [1.29, 1.82) is 0 Å². The van der Waals surface area contributed by atoms with Gasteiger partial charge in [0.1, 0.15) is 5.76 Å². The molecule has 0 unspecified atom stereocenters. The number of nitrogens with zero attached hydrogens (tertiary/aromatic N) is 1. The quantitative estimate of drug-likeness (QED) is 0.833. The molecule has 1 amide bonds. The van der Waals surface area contributed by atoms with Crippen LogP contribution in [0.2, 0.25) is 0 Å². The topological polar surface area (TPSA) is 67.2 Å². The molecule has 2 aromatic rings. The number of amides is 1. The summed E-state index contributed by atoms with van der Waals surface area (Å²) in [5, 5.41) is 9.45. The third-order valence-corrected chi connectivity index (χ3v) is 2.56. The molecule has 5 nitrogen and oxygen atoms in total. The van der Waals surface area contributed by atoms with Gasteiger partial charge in [0.05, 0.1) is 12.7 Å². The molecule has 1 aromatic heterocycles. The van der Waals surface area contributed by atoms with Crippen molar-refractivity contribution >= 4 is 5.91 Å². The fraction of sp³-hybridized carbons (Fsp3) is 0.231. The number of rotatable bonds is 5. The lowest BCUT2D eigenvalue weighted by Gasteiger charge is -2.04. The van der Waals surface area contributed by atoms with Crippen molar-refractivity contribution in [3.8, 4) is 0 Å². The van der Waals surface area contributed by atoms with Crippen LogP contribution < -0.4 is 10.6 Å². The van der Waals surface area contributed by atoms with Gasteiger partial charge < -0.3 is 15.2 Å². The molecule has 18 heavy (non-hydrogen) atoms. The summed E-state index contributed by atoms with van der Waals surface area (Å²) in [5.74, 6) is 0.730. The first kappa shape index (κ1) is 12.3. The highest BCUT2D eigenvalue weighted by Crippen LogP contribution is 2.05. The zero-order valence-corrected chi connectivity index (χ0v) is 10.1. The number of carbonyl (C=O) groups excluding carboxylic acids is 1. The molecule has 0 aliphatic carbocycles. The van der Waals surface area contributed by atoms with Gasteiger partial charge in [-0.1, -0.05) is 17.3 Å². The highest BCUT2D eigenvalue weighted by molar-refractivity contribution is 5.93. The Labute approximate surface area is 105 Å². The average molecular weight is 245 g/mol. The van der Waals surface area contributed by atoms with Gasteiger partial charge in [-0.15, -0.1) is 0 Å². The zero-order valence-electron chi connectivity index (χ0n) is 10.1. The van der Waals surface area contributed by atoms with Crippen LogP contribution >= 0.6 is 0 Å². The zero-order chi connectivity index (χ0) is 12.8. The second kappa shape index (κ2) is 5.97. The molecular weight excluding hydrogens is 230 g/mol. The summed E-state index contributed by atoms with van der Waals surface area (Å²) in [6, 6.07) is 9.30. The lowest BCUT2D eigenvalue weighted by atomic mass is 10.1. The summed E-state index contributed by atoms with van der Waals surface area (Å²) in [5.41, 5.74) is 1.78. The maximum absolute atomic E-state index is 11.3. The van der Waals surface area contributed by atoms with Crippen molar-refractivity contribution in [3.63, 3.8) is 0 Å². The van der Waals surface area contributed by atoms with E-state index >= 15 is 0 Å². The van der Waals surface area contributed by atoms with Crippen LogP contribution in [0, 0.1) is 0 Å². The van der Waals surface area contributed by atoms with E-state index in [0.717, 1.165) is 11.3 Å². The van der Waals surface area contributed by atoms with Crippen molar-refractivity contribution in [3.05, 3.63) is 53.4 Å². The minimum absolute atomic E-state index is 0.0730. The molecule has 1 heterocycles. The first-order chi connectivity index (χ1) is 8.79. The second-order valence-corrected chi connectivity index (χ2v) is 3.86.